The van der Waals surface area contributed by atoms with E-state index in [9.17, 15) is 0 Å². The minimum absolute atomic E-state index is 0.194. The van der Waals surface area contributed by atoms with E-state index >= 15 is 0 Å². The van der Waals surface area contributed by atoms with Crippen LogP contribution < -0.4 is 5.73 Å². The van der Waals surface area contributed by atoms with Crippen LogP contribution in [0, 0.1) is 5.41 Å². The Kier molecular flexibility index (Phi) is 3.72. The summed E-state index contributed by atoms with van der Waals surface area (Å²) in [6.45, 7) is 4.59. The van der Waals surface area contributed by atoms with Gasteiger partial charge in [-0.1, -0.05) is 37.0 Å². The largest absolute Gasteiger partial charge is 0.327 e. The Bertz CT molecular complexity index is 415. The molecule has 1 nitrogen and oxygen atoms in total. The lowest BCUT2D eigenvalue weighted by Crippen LogP contribution is -2.37. The fourth-order valence-corrected chi connectivity index (χ4v) is 3.18. The summed E-state index contributed by atoms with van der Waals surface area (Å²) in [5.74, 6) is 0.324. The quantitative estimate of drug-likeness (QED) is 0.793. The van der Waals surface area contributed by atoms with Crippen LogP contribution in [-0.4, -0.2) is 6.04 Å². The zero-order valence-corrected chi connectivity index (χ0v) is 11.9. The lowest BCUT2D eigenvalue weighted by Gasteiger charge is -2.39. The lowest BCUT2D eigenvalue weighted by molar-refractivity contribution is 0.198. The zero-order chi connectivity index (χ0) is 12.6. The molecule has 0 spiro atoms. The second-order valence-electron chi connectivity index (χ2n) is 5.84. The van der Waals surface area contributed by atoms with Gasteiger partial charge in [-0.15, -0.1) is 0 Å². The van der Waals surface area contributed by atoms with Crippen molar-refractivity contribution >= 4 is 23.2 Å². The van der Waals surface area contributed by atoms with Crippen molar-refractivity contribution in [1.29, 1.82) is 0 Å². The molecule has 0 amide bonds. The molecule has 0 aromatic heterocycles. The van der Waals surface area contributed by atoms with Crippen LogP contribution in [0.2, 0.25) is 10.0 Å². The summed E-state index contributed by atoms with van der Waals surface area (Å²) in [4.78, 5) is 0. The molecule has 1 aromatic carbocycles. The maximum Gasteiger partial charge on any atom is 0.0442 e. The molecule has 2 rings (SSSR count). The minimum atomic E-state index is 0.194. The van der Waals surface area contributed by atoms with Crippen molar-refractivity contribution in [3.05, 3.63) is 33.8 Å². The van der Waals surface area contributed by atoms with Crippen LogP contribution in [0.3, 0.4) is 0 Å². The van der Waals surface area contributed by atoms with E-state index in [4.69, 9.17) is 28.9 Å². The highest BCUT2D eigenvalue weighted by Gasteiger charge is 2.34. The van der Waals surface area contributed by atoms with Gasteiger partial charge in [0.1, 0.15) is 0 Å². The minimum Gasteiger partial charge on any atom is -0.327 e. The zero-order valence-electron chi connectivity index (χ0n) is 10.3. The fraction of sp³-hybridized carbons (Fsp3) is 0.571. The smallest absolute Gasteiger partial charge is 0.0442 e. The molecule has 3 heteroatoms. The molecule has 2 unspecified atom stereocenters. The molecule has 2 atom stereocenters. The molecular weight excluding hydrogens is 253 g/mol. The third kappa shape index (κ3) is 2.96. The van der Waals surface area contributed by atoms with Crippen LogP contribution >= 0.6 is 23.2 Å². The van der Waals surface area contributed by atoms with Crippen molar-refractivity contribution in [2.45, 2.75) is 45.1 Å². The Morgan fingerprint density at radius 1 is 1.29 bits per heavy atom. The molecule has 0 bridgehead atoms. The SMILES string of the molecule is CC1(C)CCC(N)C(c2cc(Cl)ccc2Cl)C1. The maximum atomic E-state index is 6.27. The second kappa shape index (κ2) is 4.79. The van der Waals surface area contributed by atoms with Gasteiger partial charge in [0.05, 0.1) is 0 Å². The number of benzene rings is 1. The average Bonchev–Trinajstić information content (AvgIpc) is 2.25. The Balaban J connectivity index is 2.34. The van der Waals surface area contributed by atoms with Gasteiger partial charge in [0.2, 0.25) is 0 Å². The summed E-state index contributed by atoms with van der Waals surface area (Å²) in [6.07, 6.45) is 3.32. The van der Waals surface area contributed by atoms with Gasteiger partial charge in [-0.2, -0.15) is 0 Å². The van der Waals surface area contributed by atoms with Gasteiger partial charge in [-0.05, 0) is 48.4 Å². The van der Waals surface area contributed by atoms with Crippen molar-refractivity contribution in [3.63, 3.8) is 0 Å². The third-order valence-corrected chi connectivity index (χ3v) is 4.38. The first-order chi connectivity index (χ1) is 7.89. The van der Waals surface area contributed by atoms with Crippen molar-refractivity contribution < 1.29 is 0 Å². The first-order valence-corrected chi connectivity index (χ1v) is 6.85. The van der Waals surface area contributed by atoms with E-state index in [1.54, 1.807) is 0 Å². The van der Waals surface area contributed by atoms with E-state index < -0.39 is 0 Å². The third-order valence-electron chi connectivity index (χ3n) is 3.80. The number of rotatable bonds is 1. The Hall–Kier alpha value is -0.240. The van der Waals surface area contributed by atoms with Crippen molar-refractivity contribution in [2.75, 3.05) is 0 Å². The topological polar surface area (TPSA) is 26.0 Å². The highest BCUT2D eigenvalue weighted by Crippen LogP contribution is 2.44. The first kappa shape index (κ1) is 13.2. The van der Waals surface area contributed by atoms with Crippen molar-refractivity contribution in [2.24, 2.45) is 11.1 Å². The van der Waals surface area contributed by atoms with Crippen LogP contribution in [0.25, 0.3) is 0 Å². The predicted molar refractivity (Wildman–Crippen MR) is 74.8 cm³/mol. The summed E-state index contributed by atoms with van der Waals surface area (Å²) < 4.78 is 0. The molecule has 2 N–H and O–H groups in total. The highest BCUT2D eigenvalue weighted by atomic mass is 35.5. The van der Waals surface area contributed by atoms with E-state index in [0.29, 0.717) is 11.3 Å². The number of hydrogen-bond acceptors (Lipinski definition) is 1. The Morgan fingerprint density at radius 3 is 2.71 bits per heavy atom. The number of nitrogens with two attached hydrogens (primary N) is 1. The van der Waals surface area contributed by atoms with Crippen LogP contribution in [0.1, 0.15) is 44.6 Å². The van der Waals surface area contributed by atoms with Crippen LogP contribution in [0.4, 0.5) is 0 Å². The standard InChI is InChI=1S/C14H19Cl2N/c1-14(2)6-5-13(17)11(8-14)10-7-9(15)3-4-12(10)16/h3-4,7,11,13H,5-6,8,17H2,1-2H3. The predicted octanol–water partition coefficient (Wildman–Crippen LogP) is 4.61. The van der Waals surface area contributed by atoms with Gasteiger partial charge in [-0.25, -0.2) is 0 Å². The molecule has 1 aliphatic rings. The van der Waals surface area contributed by atoms with Gasteiger partial charge in [0.15, 0.2) is 0 Å². The van der Waals surface area contributed by atoms with Crippen molar-refractivity contribution in [1.82, 2.24) is 0 Å². The Labute approximate surface area is 113 Å². The van der Waals surface area contributed by atoms with Gasteiger partial charge in [0, 0.05) is 22.0 Å². The first-order valence-electron chi connectivity index (χ1n) is 6.09. The molecule has 1 saturated carbocycles. The molecule has 0 aliphatic heterocycles. The van der Waals surface area contributed by atoms with E-state index in [1.165, 1.54) is 6.42 Å². The van der Waals surface area contributed by atoms with Crippen molar-refractivity contribution in [3.8, 4) is 0 Å². The Morgan fingerprint density at radius 2 is 2.00 bits per heavy atom. The summed E-state index contributed by atoms with van der Waals surface area (Å²) in [6, 6.07) is 5.86. The second-order valence-corrected chi connectivity index (χ2v) is 6.69. The van der Waals surface area contributed by atoms with Gasteiger partial charge in [0.25, 0.3) is 0 Å². The molecular formula is C14H19Cl2N. The fourth-order valence-electron chi connectivity index (χ4n) is 2.75. The summed E-state index contributed by atoms with van der Waals surface area (Å²) in [5.41, 5.74) is 7.70. The van der Waals surface area contributed by atoms with Gasteiger partial charge < -0.3 is 5.73 Å². The molecule has 1 aromatic rings. The molecule has 0 saturated heterocycles. The normalized spacial score (nSPS) is 28.1. The van der Waals surface area contributed by atoms with E-state index in [0.717, 1.165) is 28.5 Å². The maximum absolute atomic E-state index is 6.27. The summed E-state index contributed by atoms with van der Waals surface area (Å²) in [5, 5.41) is 1.52. The molecule has 0 heterocycles. The molecule has 0 radical (unpaired) electrons. The number of halogens is 2. The van der Waals surface area contributed by atoms with E-state index in [1.807, 2.05) is 18.2 Å². The summed E-state index contributed by atoms with van der Waals surface area (Å²) in [7, 11) is 0. The van der Waals surface area contributed by atoms with Crippen LogP contribution in [-0.2, 0) is 0 Å². The van der Waals surface area contributed by atoms with E-state index in [-0.39, 0.29) is 6.04 Å². The van der Waals surface area contributed by atoms with Crippen LogP contribution in [0.5, 0.6) is 0 Å². The molecule has 1 aliphatic carbocycles. The molecule has 1 fully saturated rings. The number of hydrogen-bond donors (Lipinski definition) is 1. The highest BCUT2D eigenvalue weighted by molar-refractivity contribution is 6.33. The molecule has 17 heavy (non-hydrogen) atoms. The lowest BCUT2D eigenvalue weighted by atomic mass is 9.68. The monoisotopic (exact) mass is 271 g/mol. The van der Waals surface area contributed by atoms with E-state index in [2.05, 4.69) is 13.8 Å². The van der Waals surface area contributed by atoms with Gasteiger partial charge >= 0.3 is 0 Å². The molecule has 94 valence electrons. The summed E-state index contributed by atoms with van der Waals surface area (Å²) >= 11 is 12.3. The van der Waals surface area contributed by atoms with Crippen LogP contribution in [0.15, 0.2) is 18.2 Å². The van der Waals surface area contributed by atoms with Gasteiger partial charge in [-0.3, -0.25) is 0 Å². The average molecular weight is 272 g/mol.